The Morgan fingerprint density at radius 1 is 1.00 bits per heavy atom. The summed E-state index contributed by atoms with van der Waals surface area (Å²) in [6.45, 7) is 0. The van der Waals surface area contributed by atoms with Crippen LogP contribution in [0.25, 0.3) is 0 Å². The van der Waals surface area contributed by atoms with Crippen LogP contribution in [0.3, 0.4) is 0 Å². The maximum absolute atomic E-state index is 13.4. The summed E-state index contributed by atoms with van der Waals surface area (Å²) < 4.78 is 10.3. The first-order valence-corrected chi connectivity index (χ1v) is 12.8. The summed E-state index contributed by atoms with van der Waals surface area (Å²) in [7, 11) is 0. The molecular formula is C25H14Cl6FN3O2. The zero-order valence-electron chi connectivity index (χ0n) is 18.3. The number of nitrogens with zero attached hydrogens (tertiary/aromatic N) is 1. The molecule has 1 saturated carbocycles. The number of hydrogen-bond donors (Lipinski definition) is 2. The molecule has 12 heteroatoms. The summed E-state index contributed by atoms with van der Waals surface area (Å²) in [5.41, 5.74) is 1.33. The second-order valence-electron chi connectivity index (χ2n) is 8.19. The molecule has 0 radical (unpaired) electrons. The molecule has 1 aliphatic rings. The topological polar surface area (TPSA) is 82.0 Å². The van der Waals surface area contributed by atoms with Gasteiger partial charge in [-0.05, 0) is 42.0 Å². The SMILES string of the molecule is N#Cc1cc(F)ccc1NC(=O)c1cc(NC(=O)[C@H]2[C@H](c3cccc(C(Cl)(Cl)Cl)c3)C2(Cl)Cl)ccc1Cl. The lowest BCUT2D eigenvalue weighted by Crippen LogP contribution is -2.18. The lowest BCUT2D eigenvalue weighted by molar-refractivity contribution is -0.117. The van der Waals surface area contributed by atoms with E-state index >= 15 is 0 Å². The highest BCUT2D eigenvalue weighted by Crippen LogP contribution is 2.65. The Morgan fingerprint density at radius 3 is 2.41 bits per heavy atom. The number of carbonyl (C=O) groups excluding carboxylic acids is 2. The van der Waals surface area contributed by atoms with Gasteiger partial charge in [0.2, 0.25) is 9.70 Å². The molecule has 2 N–H and O–H groups in total. The van der Waals surface area contributed by atoms with Gasteiger partial charge in [-0.15, -0.1) is 23.2 Å². The molecule has 0 heterocycles. The predicted molar refractivity (Wildman–Crippen MR) is 145 cm³/mol. The summed E-state index contributed by atoms with van der Waals surface area (Å²) >= 11 is 37.0. The number of rotatable bonds is 5. The van der Waals surface area contributed by atoms with Crippen LogP contribution < -0.4 is 10.6 Å². The average molecular weight is 620 g/mol. The third-order valence-corrected chi connectivity index (χ3v) is 7.66. The Labute approximate surface area is 241 Å². The quantitative estimate of drug-likeness (QED) is 0.284. The largest absolute Gasteiger partial charge is 0.326 e. The number of amides is 2. The first kappa shape index (κ1) is 27.8. The molecule has 1 aliphatic carbocycles. The number of nitriles is 1. The first-order valence-electron chi connectivity index (χ1n) is 10.5. The minimum absolute atomic E-state index is 0.0124. The maximum atomic E-state index is 13.4. The van der Waals surface area contributed by atoms with Crippen molar-refractivity contribution < 1.29 is 14.0 Å². The highest BCUT2D eigenvalue weighted by Gasteiger charge is 2.67. The monoisotopic (exact) mass is 617 g/mol. The zero-order chi connectivity index (χ0) is 27.1. The smallest absolute Gasteiger partial charge is 0.257 e. The molecule has 5 nitrogen and oxygen atoms in total. The van der Waals surface area contributed by atoms with Crippen LogP contribution in [0.4, 0.5) is 15.8 Å². The van der Waals surface area contributed by atoms with Crippen LogP contribution in [-0.2, 0) is 8.59 Å². The number of hydrogen-bond acceptors (Lipinski definition) is 3. The predicted octanol–water partition coefficient (Wildman–Crippen LogP) is 7.96. The highest BCUT2D eigenvalue weighted by molar-refractivity contribution is 6.66. The van der Waals surface area contributed by atoms with Crippen LogP contribution in [0.15, 0.2) is 60.7 Å². The second kappa shape index (κ2) is 10.5. The Kier molecular flexibility index (Phi) is 7.88. The van der Waals surface area contributed by atoms with Gasteiger partial charge in [0, 0.05) is 17.2 Å². The molecule has 0 aromatic heterocycles. The molecule has 190 valence electrons. The normalized spacial score (nSPS) is 18.0. The molecule has 37 heavy (non-hydrogen) atoms. The molecule has 0 bridgehead atoms. The van der Waals surface area contributed by atoms with Crippen molar-refractivity contribution in [1.29, 1.82) is 5.26 Å². The number of halogens is 7. The molecule has 0 unspecified atom stereocenters. The van der Waals surface area contributed by atoms with Gasteiger partial charge in [-0.1, -0.05) is 70.7 Å². The van der Waals surface area contributed by atoms with Crippen molar-refractivity contribution in [3.8, 4) is 6.07 Å². The van der Waals surface area contributed by atoms with Gasteiger partial charge in [-0.2, -0.15) is 5.26 Å². The van der Waals surface area contributed by atoms with Gasteiger partial charge in [-0.25, -0.2) is 4.39 Å². The van der Waals surface area contributed by atoms with Gasteiger partial charge in [0.25, 0.3) is 5.91 Å². The number of alkyl halides is 5. The molecule has 0 spiro atoms. The van der Waals surface area contributed by atoms with Gasteiger partial charge in [0.1, 0.15) is 16.2 Å². The third kappa shape index (κ3) is 5.93. The maximum Gasteiger partial charge on any atom is 0.257 e. The van der Waals surface area contributed by atoms with E-state index in [2.05, 4.69) is 10.6 Å². The fourth-order valence-corrected chi connectivity index (χ4v) is 5.26. The van der Waals surface area contributed by atoms with Crippen molar-refractivity contribution in [3.05, 3.63) is 93.8 Å². The van der Waals surface area contributed by atoms with Gasteiger partial charge in [0.15, 0.2) is 0 Å². The van der Waals surface area contributed by atoms with Crippen LogP contribution in [0.5, 0.6) is 0 Å². The van der Waals surface area contributed by atoms with Crippen molar-refractivity contribution in [2.24, 2.45) is 5.92 Å². The summed E-state index contributed by atoms with van der Waals surface area (Å²) in [4.78, 5) is 25.9. The van der Waals surface area contributed by atoms with Gasteiger partial charge < -0.3 is 10.6 Å². The fraction of sp³-hybridized carbons (Fsp3) is 0.160. The third-order valence-electron chi connectivity index (χ3n) is 5.74. The Balaban J connectivity index is 1.52. The van der Waals surface area contributed by atoms with Gasteiger partial charge in [-0.3, -0.25) is 9.59 Å². The summed E-state index contributed by atoms with van der Waals surface area (Å²) in [6.07, 6.45) is 0. The van der Waals surface area contributed by atoms with Crippen molar-refractivity contribution in [1.82, 2.24) is 0 Å². The molecule has 0 saturated heterocycles. The van der Waals surface area contributed by atoms with E-state index < -0.39 is 37.6 Å². The van der Waals surface area contributed by atoms with E-state index in [1.54, 1.807) is 24.3 Å². The fourth-order valence-electron chi connectivity index (χ4n) is 3.88. The highest BCUT2D eigenvalue weighted by atomic mass is 35.6. The lowest BCUT2D eigenvalue weighted by atomic mass is 10.1. The zero-order valence-corrected chi connectivity index (χ0v) is 22.9. The van der Waals surface area contributed by atoms with Gasteiger partial charge in [0.05, 0.1) is 27.8 Å². The summed E-state index contributed by atoms with van der Waals surface area (Å²) in [6, 6.07) is 16.1. The van der Waals surface area contributed by atoms with Crippen LogP contribution in [0, 0.1) is 23.1 Å². The van der Waals surface area contributed by atoms with Crippen LogP contribution >= 0.6 is 69.6 Å². The number of anilines is 2. The summed E-state index contributed by atoms with van der Waals surface area (Å²) in [5, 5.41) is 14.5. The molecule has 4 rings (SSSR count). The molecule has 2 amide bonds. The lowest BCUT2D eigenvalue weighted by Gasteiger charge is -2.12. The molecule has 1 fully saturated rings. The van der Waals surface area contributed by atoms with E-state index in [4.69, 9.17) is 69.6 Å². The molecule has 3 aromatic rings. The van der Waals surface area contributed by atoms with Crippen molar-refractivity contribution >= 4 is 92.8 Å². The van der Waals surface area contributed by atoms with Crippen LogP contribution in [0.2, 0.25) is 5.02 Å². The van der Waals surface area contributed by atoms with E-state index in [9.17, 15) is 19.2 Å². The average Bonchev–Trinajstić information content (AvgIpc) is 3.42. The van der Waals surface area contributed by atoms with Gasteiger partial charge >= 0.3 is 0 Å². The molecule has 2 atom stereocenters. The molecule has 3 aromatic carbocycles. The van der Waals surface area contributed by atoms with Crippen molar-refractivity contribution in [2.75, 3.05) is 10.6 Å². The van der Waals surface area contributed by atoms with Crippen LogP contribution in [0.1, 0.15) is 33.0 Å². The van der Waals surface area contributed by atoms with E-state index in [0.29, 0.717) is 11.1 Å². The Bertz CT molecular complexity index is 1450. The first-order chi connectivity index (χ1) is 17.3. The van der Waals surface area contributed by atoms with Crippen molar-refractivity contribution in [2.45, 2.75) is 14.0 Å². The number of benzene rings is 3. The number of nitrogens with one attached hydrogen (secondary N) is 2. The number of carbonyl (C=O) groups is 2. The molecule has 0 aliphatic heterocycles. The van der Waals surface area contributed by atoms with E-state index in [1.807, 2.05) is 6.07 Å². The minimum atomic E-state index is -1.66. The van der Waals surface area contributed by atoms with Crippen LogP contribution in [-0.4, -0.2) is 16.1 Å². The van der Waals surface area contributed by atoms with Crippen molar-refractivity contribution in [3.63, 3.8) is 0 Å². The summed E-state index contributed by atoms with van der Waals surface area (Å²) in [5.74, 6) is -3.17. The Morgan fingerprint density at radius 2 is 1.73 bits per heavy atom. The minimum Gasteiger partial charge on any atom is -0.326 e. The second-order valence-corrected chi connectivity index (χ2v) is 12.3. The Hall–Kier alpha value is -2.24. The van der Waals surface area contributed by atoms with E-state index in [-0.39, 0.29) is 27.5 Å². The van der Waals surface area contributed by atoms with E-state index in [0.717, 1.165) is 12.1 Å². The standard InChI is InChI=1S/C25H14Cl6FN3O2/c26-18-6-5-16(10-17(18)22(36)35-19-7-4-15(32)9-13(19)11-33)34-23(37)21-20(24(21,27)28)12-2-1-3-14(8-12)25(29,30)31/h1-10,20-21H,(H,34,37)(H,35,36)/t20-,21+/m0/s1. The van der Waals surface area contributed by atoms with E-state index in [1.165, 1.54) is 24.3 Å². The molecular weight excluding hydrogens is 606 g/mol.